The molecule has 1 aromatic carbocycles. The van der Waals surface area contributed by atoms with Crippen molar-refractivity contribution >= 4 is 29.0 Å². The zero-order valence-electron chi connectivity index (χ0n) is 17.4. The summed E-state index contributed by atoms with van der Waals surface area (Å²) in [5, 5.41) is 7.74. The fourth-order valence-corrected chi connectivity index (χ4v) is 3.49. The van der Waals surface area contributed by atoms with Crippen LogP contribution >= 0.6 is 11.3 Å². The number of halogens is 1. The van der Waals surface area contributed by atoms with Gasteiger partial charge in [-0.05, 0) is 18.6 Å². The molecule has 0 spiro atoms. The van der Waals surface area contributed by atoms with E-state index in [4.69, 9.17) is 4.74 Å². The van der Waals surface area contributed by atoms with Gasteiger partial charge in [0.2, 0.25) is 0 Å². The van der Waals surface area contributed by atoms with Crippen LogP contribution < -0.4 is 10.6 Å². The fraction of sp³-hybridized carbons (Fsp3) is 0.476. The molecule has 0 aliphatic carbocycles. The largest absolute Gasteiger partial charge is 0.383 e. The maximum atomic E-state index is 13.8. The molecule has 9 heteroatoms. The number of hydrogen-bond donors (Lipinski definition) is 2. The number of urea groups is 1. The van der Waals surface area contributed by atoms with Crippen LogP contribution in [0.2, 0.25) is 0 Å². The second kappa shape index (κ2) is 12.9. The highest BCUT2D eigenvalue weighted by atomic mass is 32.1. The zero-order chi connectivity index (χ0) is 21.8. The van der Waals surface area contributed by atoms with E-state index in [0.29, 0.717) is 30.4 Å². The molecule has 0 saturated carbocycles. The number of carbonyl (C=O) groups is 2. The number of anilines is 1. The number of carbonyl (C=O) groups excluding carboxylic acids is 2. The lowest BCUT2D eigenvalue weighted by Crippen LogP contribution is -2.37. The minimum Gasteiger partial charge on any atom is -0.383 e. The van der Waals surface area contributed by atoms with Crippen LogP contribution in [0.1, 0.15) is 48.1 Å². The van der Waals surface area contributed by atoms with Crippen molar-refractivity contribution in [2.75, 3.05) is 32.1 Å². The maximum Gasteiger partial charge on any atom is 0.322 e. The molecule has 164 valence electrons. The van der Waals surface area contributed by atoms with E-state index in [1.54, 1.807) is 24.6 Å². The Morgan fingerprint density at radius 1 is 1.23 bits per heavy atom. The number of nitrogens with zero attached hydrogens (tertiary/aromatic N) is 2. The highest BCUT2D eigenvalue weighted by molar-refractivity contribution is 7.09. The van der Waals surface area contributed by atoms with Gasteiger partial charge in [-0.2, -0.15) is 0 Å². The van der Waals surface area contributed by atoms with Crippen molar-refractivity contribution in [3.8, 4) is 0 Å². The quantitative estimate of drug-likeness (QED) is 0.487. The first-order valence-electron chi connectivity index (χ1n) is 10.1. The Morgan fingerprint density at radius 3 is 2.77 bits per heavy atom. The molecule has 7 nitrogen and oxygen atoms in total. The minimum absolute atomic E-state index is 0.104. The number of methoxy groups -OCH3 is 1. The van der Waals surface area contributed by atoms with E-state index in [1.165, 1.54) is 28.4 Å². The number of ether oxygens (including phenoxy) is 1. The standard InChI is InChI=1S/C21H29FN4O3S/c1-3-4-5-8-11-23-20(27)18-15-30-19(24-18)14-26(12-13-29-2)21(28)25-17-10-7-6-9-16(17)22/h6-7,9-10,15H,3-5,8,11-14H2,1-2H3,(H,23,27)(H,25,28). The number of rotatable bonds is 12. The maximum absolute atomic E-state index is 13.8. The molecule has 0 bridgehead atoms. The van der Waals surface area contributed by atoms with Crippen molar-refractivity contribution in [2.45, 2.75) is 39.2 Å². The summed E-state index contributed by atoms with van der Waals surface area (Å²) < 4.78 is 18.9. The molecule has 1 aromatic heterocycles. The Morgan fingerprint density at radius 2 is 2.03 bits per heavy atom. The van der Waals surface area contributed by atoms with E-state index >= 15 is 0 Å². The molecule has 30 heavy (non-hydrogen) atoms. The summed E-state index contributed by atoms with van der Waals surface area (Å²) in [6.07, 6.45) is 4.33. The highest BCUT2D eigenvalue weighted by Gasteiger charge is 2.18. The first kappa shape index (κ1) is 23.8. The topological polar surface area (TPSA) is 83.6 Å². The SMILES string of the molecule is CCCCCCNC(=O)c1csc(CN(CCOC)C(=O)Nc2ccccc2F)n1. The third kappa shape index (κ3) is 7.72. The number of nitrogens with one attached hydrogen (secondary N) is 2. The number of thiazole rings is 1. The van der Waals surface area contributed by atoms with Crippen molar-refractivity contribution in [2.24, 2.45) is 0 Å². The number of unbranched alkanes of at least 4 members (excludes halogenated alkanes) is 3. The van der Waals surface area contributed by atoms with Gasteiger partial charge in [-0.3, -0.25) is 4.79 Å². The molecule has 2 rings (SSSR count). The summed E-state index contributed by atoms with van der Waals surface area (Å²) >= 11 is 1.31. The Balaban J connectivity index is 1.95. The van der Waals surface area contributed by atoms with E-state index in [-0.39, 0.29) is 18.1 Å². The van der Waals surface area contributed by atoms with Gasteiger partial charge in [0.15, 0.2) is 0 Å². The van der Waals surface area contributed by atoms with E-state index < -0.39 is 11.8 Å². The van der Waals surface area contributed by atoms with Crippen molar-refractivity contribution in [3.63, 3.8) is 0 Å². The summed E-state index contributed by atoms with van der Waals surface area (Å²) in [5.74, 6) is -0.724. The monoisotopic (exact) mass is 436 g/mol. The number of para-hydroxylation sites is 1. The molecule has 3 amide bonds. The van der Waals surface area contributed by atoms with Crippen LogP contribution in [0.4, 0.5) is 14.9 Å². The van der Waals surface area contributed by atoms with Crippen LogP contribution in [0, 0.1) is 5.82 Å². The first-order valence-corrected chi connectivity index (χ1v) is 10.9. The Bertz CT molecular complexity index is 815. The molecule has 2 N–H and O–H groups in total. The lowest BCUT2D eigenvalue weighted by molar-refractivity contribution is 0.0948. The third-order valence-electron chi connectivity index (χ3n) is 4.39. The highest BCUT2D eigenvalue weighted by Crippen LogP contribution is 2.16. The average Bonchev–Trinajstić information content (AvgIpc) is 3.21. The Hall–Kier alpha value is -2.52. The second-order valence-electron chi connectivity index (χ2n) is 6.77. The molecular weight excluding hydrogens is 407 g/mol. The van der Waals surface area contributed by atoms with Crippen LogP contribution in [0.25, 0.3) is 0 Å². The smallest absolute Gasteiger partial charge is 0.322 e. The van der Waals surface area contributed by atoms with E-state index in [0.717, 1.165) is 25.7 Å². The summed E-state index contributed by atoms with van der Waals surface area (Å²) in [6.45, 7) is 3.58. The van der Waals surface area contributed by atoms with Gasteiger partial charge in [-0.15, -0.1) is 11.3 Å². The molecule has 0 unspecified atom stereocenters. The fourth-order valence-electron chi connectivity index (χ4n) is 2.71. The van der Waals surface area contributed by atoms with E-state index in [2.05, 4.69) is 22.5 Å². The van der Waals surface area contributed by atoms with E-state index in [9.17, 15) is 14.0 Å². The Kier molecular flexibility index (Phi) is 10.2. The molecule has 0 aliphatic rings. The van der Waals surface area contributed by atoms with Crippen molar-refractivity contribution in [1.29, 1.82) is 0 Å². The lowest BCUT2D eigenvalue weighted by atomic mass is 10.2. The van der Waals surface area contributed by atoms with Crippen molar-refractivity contribution in [3.05, 3.63) is 46.2 Å². The second-order valence-corrected chi connectivity index (χ2v) is 7.71. The van der Waals surface area contributed by atoms with Gasteiger partial charge in [0.25, 0.3) is 5.91 Å². The van der Waals surface area contributed by atoms with Crippen LogP contribution in [-0.2, 0) is 11.3 Å². The van der Waals surface area contributed by atoms with Gasteiger partial charge < -0.3 is 20.3 Å². The van der Waals surface area contributed by atoms with E-state index in [1.807, 2.05) is 0 Å². The van der Waals surface area contributed by atoms with Crippen molar-refractivity contribution < 1.29 is 18.7 Å². The zero-order valence-corrected chi connectivity index (χ0v) is 18.3. The van der Waals surface area contributed by atoms with Gasteiger partial charge >= 0.3 is 6.03 Å². The summed E-state index contributed by atoms with van der Waals surface area (Å²) in [4.78, 5) is 30.7. The molecule has 1 heterocycles. The summed E-state index contributed by atoms with van der Waals surface area (Å²) in [7, 11) is 1.54. The molecule has 0 saturated heterocycles. The average molecular weight is 437 g/mol. The Labute approximate surface area is 180 Å². The molecule has 0 fully saturated rings. The third-order valence-corrected chi connectivity index (χ3v) is 5.23. The number of hydrogen-bond acceptors (Lipinski definition) is 5. The molecular formula is C21H29FN4O3S. The predicted octanol–water partition coefficient (Wildman–Crippen LogP) is 4.27. The first-order chi connectivity index (χ1) is 14.5. The van der Waals surface area contributed by atoms with Gasteiger partial charge in [-0.25, -0.2) is 14.2 Å². The predicted molar refractivity (Wildman–Crippen MR) is 116 cm³/mol. The van der Waals surface area contributed by atoms with Crippen molar-refractivity contribution in [1.82, 2.24) is 15.2 Å². The summed E-state index contributed by atoms with van der Waals surface area (Å²) in [5.41, 5.74) is 0.443. The molecule has 2 aromatic rings. The molecule has 0 radical (unpaired) electrons. The van der Waals surface area contributed by atoms with Crippen LogP contribution in [0.15, 0.2) is 29.6 Å². The van der Waals surface area contributed by atoms with Gasteiger partial charge in [0.05, 0.1) is 18.8 Å². The van der Waals surface area contributed by atoms with Crippen LogP contribution in [0.5, 0.6) is 0 Å². The van der Waals surface area contributed by atoms with Crippen LogP contribution in [0.3, 0.4) is 0 Å². The minimum atomic E-state index is -0.510. The summed E-state index contributed by atoms with van der Waals surface area (Å²) in [6, 6.07) is 5.51. The number of aromatic nitrogens is 1. The normalized spacial score (nSPS) is 10.6. The molecule has 0 atom stereocenters. The van der Waals surface area contributed by atoms with Gasteiger partial charge in [0, 0.05) is 25.6 Å². The molecule has 0 aliphatic heterocycles. The van der Waals surface area contributed by atoms with Gasteiger partial charge in [0.1, 0.15) is 16.5 Å². The van der Waals surface area contributed by atoms with Crippen LogP contribution in [-0.4, -0.2) is 48.6 Å². The number of benzene rings is 1. The lowest BCUT2D eigenvalue weighted by Gasteiger charge is -2.22. The van der Waals surface area contributed by atoms with Gasteiger partial charge in [-0.1, -0.05) is 38.3 Å². The number of amides is 3.